The number of ether oxygens (including phenoxy) is 1. The summed E-state index contributed by atoms with van der Waals surface area (Å²) >= 11 is 0. The highest BCUT2D eigenvalue weighted by Crippen LogP contribution is 2.23. The highest BCUT2D eigenvalue weighted by molar-refractivity contribution is 5.78. The van der Waals surface area contributed by atoms with Gasteiger partial charge in [-0.15, -0.1) is 0 Å². The van der Waals surface area contributed by atoms with Gasteiger partial charge in [-0.25, -0.2) is 0 Å². The summed E-state index contributed by atoms with van der Waals surface area (Å²) in [6, 6.07) is 30.2. The Morgan fingerprint density at radius 1 is 0.619 bits per heavy atom. The van der Waals surface area contributed by atoms with Crippen LogP contribution in [0.2, 0.25) is 0 Å². The number of hydrogen-bond acceptors (Lipinski definition) is 1. The quantitative estimate of drug-likeness (QED) is 0.465. The second kappa shape index (κ2) is 6.58. The number of rotatable bonds is 4. The smallest absolute Gasteiger partial charge is 0.135 e. The van der Waals surface area contributed by atoms with Gasteiger partial charge in [0.15, 0.2) is 0 Å². The number of benzene rings is 3. The second-order valence-electron chi connectivity index (χ2n) is 4.70. The topological polar surface area (TPSA) is 9.23 Å². The van der Waals surface area contributed by atoms with Crippen molar-refractivity contribution >= 4 is 11.8 Å². The summed E-state index contributed by atoms with van der Waals surface area (Å²) in [5, 5.41) is 0. The molecule has 0 amide bonds. The Labute approximate surface area is 125 Å². The van der Waals surface area contributed by atoms with E-state index in [9.17, 15) is 0 Å². The minimum atomic E-state index is 0.837. The molecule has 102 valence electrons. The van der Waals surface area contributed by atoms with Crippen molar-refractivity contribution in [1.29, 1.82) is 0 Å². The second-order valence-corrected chi connectivity index (χ2v) is 4.70. The van der Waals surface area contributed by atoms with Gasteiger partial charge >= 0.3 is 0 Å². The summed E-state index contributed by atoms with van der Waals surface area (Å²) in [4.78, 5) is 0. The van der Waals surface area contributed by atoms with Crippen LogP contribution in [0.25, 0.3) is 11.8 Å². The minimum Gasteiger partial charge on any atom is -0.457 e. The molecule has 0 N–H and O–H groups in total. The molecule has 3 aromatic carbocycles. The third-order valence-corrected chi connectivity index (χ3v) is 3.13. The van der Waals surface area contributed by atoms with Gasteiger partial charge in [-0.1, -0.05) is 78.9 Å². The first-order valence-electron chi connectivity index (χ1n) is 6.97. The van der Waals surface area contributed by atoms with Crippen LogP contribution >= 0.6 is 0 Å². The Balaban J connectivity index is 1.97. The maximum absolute atomic E-state index is 6.07. The third-order valence-electron chi connectivity index (χ3n) is 3.13. The standard InChI is InChI=1S/C20H16O/c1-4-10-17(11-5-1)16-20(18-12-6-2-7-13-18)21-19-14-8-3-9-15-19/h1-16H/b20-16-. The average Bonchev–Trinajstić information content (AvgIpc) is 2.57. The van der Waals surface area contributed by atoms with Crippen LogP contribution in [0.4, 0.5) is 0 Å². The highest BCUT2D eigenvalue weighted by atomic mass is 16.5. The molecular formula is C20H16O. The molecule has 0 spiro atoms. The summed E-state index contributed by atoms with van der Waals surface area (Å²) in [5.41, 5.74) is 2.18. The van der Waals surface area contributed by atoms with Crippen LogP contribution in [-0.2, 0) is 0 Å². The molecule has 0 aliphatic carbocycles. The number of para-hydroxylation sites is 1. The fourth-order valence-corrected chi connectivity index (χ4v) is 2.09. The molecule has 0 heterocycles. The third kappa shape index (κ3) is 3.61. The first kappa shape index (κ1) is 13.2. The van der Waals surface area contributed by atoms with E-state index in [1.54, 1.807) is 0 Å². The monoisotopic (exact) mass is 272 g/mol. The summed E-state index contributed by atoms with van der Waals surface area (Å²) in [7, 11) is 0. The fourth-order valence-electron chi connectivity index (χ4n) is 2.09. The van der Waals surface area contributed by atoms with Gasteiger partial charge in [0.05, 0.1) is 0 Å². The van der Waals surface area contributed by atoms with Crippen LogP contribution < -0.4 is 4.74 Å². The van der Waals surface area contributed by atoms with Crippen molar-refractivity contribution in [2.45, 2.75) is 0 Å². The zero-order valence-electron chi connectivity index (χ0n) is 11.6. The maximum Gasteiger partial charge on any atom is 0.135 e. The van der Waals surface area contributed by atoms with Gasteiger partial charge in [0.2, 0.25) is 0 Å². The van der Waals surface area contributed by atoms with E-state index in [1.165, 1.54) is 0 Å². The molecule has 0 fully saturated rings. The molecule has 21 heavy (non-hydrogen) atoms. The molecule has 0 aliphatic heterocycles. The van der Waals surface area contributed by atoms with E-state index < -0.39 is 0 Å². The molecule has 0 bridgehead atoms. The van der Waals surface area contributed by atoms with Crippen LogP contribution in [0.5, 0.6) is 5.75 Å². The summed E-state index contributed by atoms with van der Waals surface area (Å²) in [6.07, 6.45) is 2.06. The lowest BCUT2D eigenvalue weighted by Gasteiger charge is -2.10. The van der Waals surface area contributed by atoms with Crippen LogP contribution in [0.15, 0.2) is 91.0 Å². The predicted octanol–water partition coefficient (Wildman–Crippen LogP) is 5.26. The predicted molar refractivity (Wildman–Crippen MR) is 87.8 cm³/mol. The summed E-state index contributed by atoms with van der Waals surface area (Å²) < 4.78 is 6.07. The molecule has 3 rings (SSSR count). The molecular weight excluding hydrogens is 256 g/mol. The Morgan fingerprint density at radius 2 is 1.14 bits per heavy atom. The van der Waals surface area contributed by atoms with Crippen molar-refractivity contribution in [3.8, 4) is 5.75 Å². The average molecular weight is 272 g/mol. The van der Waals surface area contributed by atoms with Gasteiger partial charge in [-0.2, -0.15) is 0 Å². The van der Waals surface area contributed by atoms with Crippen molar-refractivity contribution in [1.82, 2.24) is 0 Å². The van der Waals surface area contributed by atoms with E-state index in [0.717, 1.165) is 22.6 Å². The van der Waals surface area contributed by atoms with E-state index in [1.807, 2.05) is 66.7 Å². The fraction of sp³-hybridized carbons (Fsp3) is 0. The van der Waals surface area contributed by atoms with Crippen LogP contribution in [0, 0.1) is 0 Å². The normalized spacial score (nSPS) is 11.1. The summed E-state index contributed by atoms with van der Waals surface area (Å²) in [6.45, 7) is 0. The molecule has 0 saturated heterocycles. The van der Waals surface area contributed by atoms with E-state index in [2.05, 4.69) is 30.3 Å². The molecule has 0 radical (unpaired) electrons. The van der Waals surface area contributed by atoms with Crippen LogP contribution in [0.1, 0.15) is 11.1 Å². The lowest BCUT2D eigenvalue weighted by atomic mass is 10.1. The SMILES string of the molecule is C(=C(/Oc1ccccc1)c1ccccc1)/c1ccccc1. The maximum atomic E-state index is 6.07. The van der Waals surface area contributed by atoms with Gasteiger partial charge in [0.1, 0.15) is 11.5 Å². The molecule has 0 aromatic heterocycles. The first-order chi connectivity index (χ1) is 10.4. The highest BCUT2D eigenvalue weighted by Gasteiger charge is 2.04. The van der Waals surface area contributed by atoms with E-state index in [-0.39, 0.29) is 0 Å². The van der Waals surface area contributed by atoms with Crippen molar-refractivity contribution < 1.29 is 4.74 Å². The van der Waals surface area contributed by atoms with Gasteiger partial charge in [-0.3, -0.25) is 0 Å². The molecule has 0 aliphatic rings. The minimum absolute atomic E-state index is 0.837. The molecule has 1 heteroatoms. The van der Waals surface area contributed by atoms with Crippen molar-refractivity contribution in [2.75, 3.05) is 0 Å². The first-order valence-corrected chi connectivity index (χ1v) is 6.97. The molecule has 0 atom stereocenters. The Hall–Kier alpha value is -2.80. The lowest BCUT2D eigenvalue weighted by Crippen LogP contribution is -1.94. The largest absolute Gasteiger partial charge is 0.457 e. The molecule has 0 saturated carbocycles. The van der Waals surface area contributed by atoms with E-state index in [0.29, 0.717) is 0 Å². The van der Waals surface area contributed by atoms with E-state index >= 15 is 0 Å². The Morgan fingerprint density at radius 3 is 1.76 bits per heavy atom. The van der Waals surface area contributed by atoms with Gasteiger partial charge in [0, 0.05) is 5.56 Å². The zero-order valence-corrected chi connectivity index (χ0v) is 11.6. The summed E-state index contributed by atoms with van der Waals surface area (Å²) in [5.74, 6) is 1.68. The van der Waals surface area contributed by atoms with Gasteiger partial charge in [0.25, 0.3) is 0 Å². The van der Waals surface area contributed by atoms with Crippen molar-refractivity contribution in [3.05, 3.63) is 102 Å². The van der Waals surface area contributed by atoms with Crippen molar-refractivity contribution in [3.63, 3.8) is 0 Å². The molecule has 1 nitrogen and oxygen atoms in total. The zero-order chi connectivity index (χ0) is 14.3. The van der Waals surface area contributed by atoms with Crippen molar-refractivity contribution in [2.24, 2.45) is 0 Å². The molecule has 0 unspecified atom stereocenters. The Bertz CT molecular complexity index is 701. The molecule has 3 aromatic rings. The lowest BCUT2D eigenvalue weighted by molar-refractivity contribution is 0.518. The van der Waals surface area contributed by atoms with Crippen LogP contribution in [-0.4, -0.2) is 0 Å². The van der Waals surface area contributed by atoms with Gasteiger partial charge < -0.3 is 4.74 Å². The van der Waals surface area contributed by atoms with Gasteiger partial charge in [-0.05, 0) is 23.8 Å². The van der Waals surface area contributed by atoms with Crippen LogP contribution in [0.3, 0.4) is 0 Å². The number of hydrogen-bond donors (Lipinski definition) is 0. The van der Waals surface area contributed by atoms with E-state index in [4.69, 9.17) is 4.74 Å². The Kier molecular flexibility index (Phi) is 4.13.